The number of hydrogen-bond donors (Lipinski definition) is 0. The lowest BCUT2D eigenvalue weighted by atomic mass is 9.93. The fourth-order valence-corrected chi connectivity index (χ4v) is 12.2. The second kappa shape index (κ2) is 59.8. The van der Waals surface area contributed by atoms with E-state index >= 15 is 0 Å². The Bertz CT molecular complexity index is 1400. The number of benzene rings is 1. The Hall–Kier alpha value is -2.36. The highest BCUT2D eigenvalue weighted by atomic mass is 16.5. The van der Waals surface area contributed by atoms with Crippen molar-refractivity contribution in [3.05, 3.63) is 59.7 Å². The summed E-state index contributed by atoms with van der Waals surface area (Å²) in [6.45, 7) is 13.8. The molecule has 1 aromatic carbocycles. The topological polar surface area (TPSA) is 52.6 Å². The van der Waals surface area contributed by atoms with E-state index in [1.165, 1.54) is 295 Å². The Balaban J connectivity index is 2.68. The maximum Gasteiger partial charge on any atom is 0.339 e. The summed E-state index contributed by atoms with van der Waals surface area (Å²) in [4.78, 5) is 28.3. The van der Waals surface area contributed by atoms with Gasteiger partial charge in [-0.15, -0.1) is 0 Å². The first-order valence-electron chi connectivity index (χ1n) is 36.2. The Labute approximate surface area is 500 Å². The maximum atomic E-state index is 14.1. The van der Waals surface area contributed by atoms with Crippen molar-refractivity contribution in [2.24, 2.45) is 11.8 Å². The van der Waals surface area contributed by atoms with Gasteiger partial charge in [-0.1, -0.05) is 322 Å². The normalized spacial score (nSPS) is 13.4. The van der Waals surface area contributed by atoms with Crippen LogP contribution < -0.4 is 0 Å². The molecule has 0 amide bonds. The summed E-state index contributed by atoms with van der Waals surface area (Å²) >= 11 is 0. The van der Waals surface area contributed by atoms with Crippen LogP contribution in [-0.2, 0) is 9.47 Å². The van der Waals surface area contributed by atoms with Gasteiger partial charge in [0.1, 0.15) is 12.2 Å². The molecule has 0 saturated carbocycles. The van der Waals surface area contributed by atoms with Crippen molar-refractivity contribution < 1.29 is 19.1 Å². The van der Waals surface area contributed by atoms with E-state index in [1.807, 2.05) is 12.1 Å². The lowest BCUT2D eigenvalue weighted by Gasteiger charge is -2.21. The number of carbonyl (C=O) groups is 2. The average molecular weight is 1120 g/mol. The summed E-state index contributed by atoms with van der Waals surface area (Å²) in [7, 11) is 0. The lowest BCUT2D eigenvalue weighted by Crippen LogP contribution is -2.23. The molecule has 4 unspecified atom stereocenters. The van der Waals surface area contributed by atoms with Crippen molar-refractivity contribution in [1.29, 1.82) is 0 Å². The average Bonchev–Trinajstić information content (AvgIpc) is 3.49. The van der Waals surface area contributed by atoms with E-state index in [9.17, 15) is 9.59 Å². The molecule has 0 heterocycles. The van der Waals surface area contributed by atoms with Crippen LogP contribution in [0.2, 0.25) is 0 Å². The molecule has 4 atom stereocenters. The van der Waals surface area contributed by atoms with Crippen molar-refractivity contribution in [2.45, 2.75) is 400 Å². The van der Waals surface area contributed by atoms with Crippen LogP contribution in [-0.4, -0.2) is 24.1 Å². The summed E-state index contributed by atoms with van der Waals surface area (Å²) in [6, 6.07) is 7.29. The number of unbranched alkanes of at least 4 members (excludes halogenated alkanes) is 36. The van der Waals surface area contributed by atoms with E-state index < -0.39 is 0 Å². The molecule has 0 spiro atoms. The highest BCUT2D eigenvalue weighted by Crippen LogP contribution is 2.26. The fraction of sp³-hybridized carbons (Fsp3) is 0.842. The van der Waals surface area contributed by atoms with Gasteiger partial charge < -0.3 is 9.47 Å². The third-order valence-electron chi connectivity index (χ3n) is 17.9. The molecule has 4 nitrogen and oxygen atoms in total. The van der Waals surface area contributed by atoms with Gasteiger partial charge in [-0.3, -0.25) is 0 Å². The highest BCUT2D eigenvalue weighted by Gasteiger charge is 2.25. The lowest BCUT2D eigenvalue weighted by molar-refractivity contribution is 0.0200. The molecule has 0 bridgehead atoms. The zero-order chi connectivity index (χ0) is 57.9. The van der Waals surface area contributed by atoms with E-state index in [4.69, 9.17) is 9.47 Å². The number of rotatable bonds is 62. The summed E-state index contributed by atoms with van der Waals surface area (Å²) in [5.74, 6) is 0.760. The van der Waals surface area contributed by atoms with Crippen LogP contribution >= 0.6 is 0 Å². The molecule has 1 aromatic rings. The largest absolute Gasteiger partial charge is 0.459 e. The van der Waals surface area contributed by atoms with Crippen molar-refractivity contribution in [2.75, 3.05) is 0 Å². The van der Waals surface area contributed by atoms with Crippen LogP contribution in [0.4, 0.5) is 0 Å². The summed E-state index contributed by atoms with van der Waals surface area (Å²) < 4.78 is 12.8. The molecule has 0 aromatic heterocycles. The molecule has 0 aliphatic carbocycles. The molecular formula is C76H138O4. The van der Waals surface area contributed by atoms with E-state index in [1.54, 1.807) is 12.1 Å². The smallest absolute Gasteiger partial charge is 0.339 e. The van der Waals surface area contributed by atoms with Crippen LogP contribution in [0.25, 0.3) is 0 Å². The van der Waals surface area contributed by atoms with Gasteiger partial charge in [0, 0.05) is 0 Å². The quantitative estimate of drug-likeness (QED) is 0.0371. The number of hydrogen-bond acceptors (Lipinski definition) is 4. The minimum Gasteiger partial charge on any atom is -0.459 e. The zero-order valence-electron chi connectivity index (χ0n) is 54.7. The van der Waals surface area contributed by atoms with Gasteiger partial charge in [0.25, 0.3) is 0 Å². The van der Waals surface area contributed by atoms with Crippen LogP contribution in [0.15, 0.2) is 48.6 Å². The number of carbonyl (C=O) groups excluding carboxylic acids is 2. The standard InChI is InChI=1S/C76H138O4/c1-7-13-17-21-25-27-29-31-33-35-37-39-41-43-45-49-59-69(11-5)61-53-55-65-71(63-51-47-23-19-15-9-3)79-75(77)73-67-57-58-68-74(73)76(78)80-72(64-52-48-24-20-16-10-4)66-56-54-62-70(12-6)60-50-46-44-42-40-38-36-34-32-30-28-26-22-18-14-8-2/h43-46,57-58,67-72H,7-42,47-56,59-66H2,1-6H3. The third kappa shape index (κ3) is 47.0. The van der Waals surface area contributed by atoms with E-state index in [0.717, 1.165) is 63.2 Å². The molecule has 0 radical (unpaired) electrons. The van der Waals surface area contributed by atoms with Gasteiger partial charge in [-0.2, -0.15) is 0 Å². The second-order valence-corrected chi connectivity index (χ2v) is 25.3. The molecule has 1 rings (SSSR count). The number of esters is 2. The molecule has 80 heavy (non-hydrogen) atoms. The minimum atomic E-state index is -0.368. The summed E-state index contributed by atoms with van der Waals surface area (Å²) in [5.41, 5.74) is 0.714. The van der Waals surface area contributed by atoms with Crippen LogP contribution in [0.5, 0.6) is 0 Å². The molecule has 4 heteroatoms. The van der Waals surface area contributed by atoms with Crippen LogP contribution in [0, 0.1) is 11.8 Å². The first kappa shape index (κ1) is 75.7. The van der Waals surface area contributed by atoms with E-state index in [2.05, 4.69) is 65.8 Å². The SMILES string of the molecule is CCCCCCCCCCCCCCC=CCCC(CC)CCCCC(CCCCCCCC)OC(=O)c1ccccc1C(=O)OC(CCCCCCCC)CCCCC(CC)CCC=CCCCCCCCCCCCCCC. The second-order valence-electron chi connectivity index (χ2n) is 25.3. The Morgan fingerprint density at radius 3 is 0.825 bits per heavy atom. The molecule has 0 aliphatic rings. The molecule has 0 saturated heterocycles. The van der Waals surface area contributed by atoms with Crippen molar-refractivity contribution in [1.82, 2.24) is 0 Å². The van der Waals surface area contributed by atoms with Gasteiger partial charge in [-0.05, 0) is 127 Å². The monoisotopic (exact) mass is 1120 g/mol. The van der Waals surface area contributed by atoms with Gasteiger partial charge in [0.05, 0.1) is 11.1 Å². The summed E-state index contributed by atoms with van der Waals surface area (Å²) in [5, 5.41) is 0. The predicted octanol–water partition coefficient (Wildman–Crippen LogP) is 26.3. The van der Waals surface area contributed by atoms with Crippen LogP contribution in [0.1, 0.15) is 409 Å². The van der Waals surface area contributed by atoms with Crippen molar-refractivity contribution >= 4 is 11.9 Å². The minimum absolute atomic E-state index is 0.131. The highest BCUT2D eigenvalue weighted by molar-refractivity contribution is 6.03. The molecule has 466 valence electrons. The fourth-order valence-electron chi connectivity index (χ4n) is 12.2. The third-order valence-corrected chi connectivity index (χ3v) is 17.9. The zero-order valence-corrected chi connectivity index (χ0v) is 54.7. The predicted molar refractivity (Wildman–Crippen MR) is 353 cm³/mol. The number of allylic oxidation sites excluding steroid dienone is 4. The van der Waals surface area contributed by atoms with Crippen molar-refractivity contribution in [3.8, 4) is 0 Å². The first-order valence-corrected chi connectivity index (χ1v) is 36.2. The molecule has 0 N–H and O–H groups in total. The molecule has 0 fully saturated rings. The van der Waals surface area contributed by atoms with Gasteiger partial charge in [-0.25, -0.2) is 9.59 Å². The Morgan fingerprint density at radius 2 is 0.537 bits per heavy atom. The van der Waals surface area contributed by atoms with Gasteiger partial charge in [0.15, 0.2) is 0 Å². The van der Waals surface area contributed by atoms with E-state index in [0.29, 0.717) is 11.1 Å². The Kier molecular flexibility index (Phi) is 56.5. The maximum absolute atomic E-state index is 14.1. The van der Waals surface area contributed by atoms with Gasteiger partial charge >= 0.3 is 11.9 Å². The molecule has 0 aliphatic heterocycles. The van der Waals surface area contributed by atoms with Crippen LogP contribution in [0.3, 0.4) is 0 Å². The Morgan fingerprint density at radius 1 is 0.300 bits per heavy atom. The van der Waals surface area contributed by atoms with Crippen molar-refractivity contribution in [3.63, 3.8) is 0 Å². The van der Waals surface area contributed by atoms with E-state index in [-0.39, 0.29) is 24.1 Å². The summed E-state index contributed by atoms with van der Waals surface area (Å²) in [6.07, 6.45) is 78.3. The first-order chi connectivity index (χ1) is 39.4. The van der Waals surface area contributed by atoms with Gasteiger partial charge in [0.2, 0.25) is 0 Å². The number of ether oxygens (including phenoxy) is 2. The molecular weight excluding hydrogens is 977 g/mol.